The Balaban J connectivity index is 1.90. The second-order valence-corrected chi connectivity index (χ2v) is 6.67. The average molecular weight is 291 g/mol. The fourth-order valence-corrected chi connectivity index (χ4v) is 2.85. The summed E-state index contributed by atoms with van der Waals surface area (Å²) in [6, 6.07) is 7.48. The molecule has 0 aromatic heterocycles. The van der Waals surface area contributed by atoms with Crippen molar-refractivity contribution in [3.63, 3.8) is 0 Å². The Bertz CT molecular complexity index is 511. The topological polar surface area (TPSA) is 58.6 Å². The van der Waals surface area contributed by atoms with Crippen LogP contribution >= 0.6 is 0 Å². The van der Waals surface area contributed by atoms with E-state index in [4.69, 9.17) is 9.84 Å². The molecule has 1 aliphatic rings. The molecule has 4 heteroatoms. The normalized spacial score (nSPS) is 23.9. The maximum Gasteiger partial charge on any atom is 0.335 e. The van der Waals surface area contributed by atoms with Crippen LogP contribution in [0.25, 0.3) is 0 Å². The average Bonchev–Trinajstić information content (AvgIpc) is 2.42. The molecule has 0 aliphatic heterocycles. The Morgan fingerprint density at radius 2 is 2.19 bits per heavy atom. The molecule has 1 aromatic rings. The number of nitrogens with one attached hydrogen (secondary N) is 1. The van der Waals surface area contributed by atoms with Crippen LogP contribution in [-0.4, -0.2) is 29.3 Å². The van der Waals surface area contributed by atoms with E-state index in [9.17, 15) is 4.79 Å². The van der Waals surface area contributed by atoms with E-state index in [2.05, 4.69) is 33.0 Å². The number of hydrogen-bond donors (Lipinski definition) is 2. The van der Waals surface area contributed by atoms with Gasteiger partial charge in [-0.05, 0) is 38.0 Å². The second-order valence-electron chi connectivity index (χ2n) is 6.67. The molecule has 0 heterocycles. The molecule has 2 atom stereocenters. The van der Waals surface area contributed by atoms with Crippen molar-refractivity contribution in [1.82, 2.24) is 5.32 Å². The van der Waals surface area contributed by atoms with Crippen LogP contribution in [0.15, 0.2) is 24.3 Å². The number of carboxylic acids is 1. The molecule has 116 valence electrons. The van der Waals surface area contributed by atoms with Crippen LogP contribution in [0.1, 0.15) is 50.0 Å². The quantitative estimate of drug-likeness (QED) is 0.845. The van der Waals surface area contributed by atoms with Crippen molar-refractivity contribution in [3.05, 3.63) is 35.4 Å². The molecule has 1 fully saturated rings. The van der Waals surface area contributed by atoms with Gasteiger partial charge in [0.25, 0.3) is 0 Å². The predicted octanol–water partition coefficient (Wildman–Crippen LogP) is 3.07. The summed E-state index contributed by atoms with van der Waals surface area (Å²) in [5.41, 5.74) is 1.44. The molecular formula is C17H25NO3. The molecule has 2 N–H and O–H groups in total. The first-order valence-electron chi connectivity index (χ1n) is 7.51. The third-order valence-corrected chi connectivity index (χ3v) is 4.34. The van der Waals surface area contributed by atoms with E-state index in [1.165, 1.54) is 0 Å². The van der Waals surface area contributed by atoms with Gasteiger partial charge in [-0.3, -0.25) is 0 Å². The zero-order valence-corrected chi connectivity index (χ0v) is 13.2. The minimum Gasteiger partial charge on any atom is -0.478 e. The lowest BCUT2D eigenvalue weighted by molar-refractivity contribution is -0.139. The van der Waals surface area contributed by atoms with Gasteiger partial charge >= 0.3 is 5.97 Å². The zero-order valence-electron chi connectivity index (χ0n) is 13.2. The molecule has 0 radical (unpaired) electrons. The van der Waals surface area contributed by atoms with Gasteiger partial charge in [0, 0.05) is 18.0 Å². The Labute approximate surface area is 126 Å². The van der Waals surface area contributed by atoms with E-state index in [0.29, 0.717) is 24.3 Å². The first-order valence-corrected chi connectivity index (χ1v) is 7.51. The molecule has 1 aromatic carbocycles. The molecule has 1 aliphatic carbocycles. The van der Waals surface area contributed by atoms with Gasteiger partial charge in [-0.15, -0.1) is 0 Å². The molecular weight excluding hydrogens is 266 g/mol. The largest absolute Gasteiger partial charge is 0.478 e. The lowest BCUT2D eigenvalue weighted by atomic mass is 9.64. The Kier molecular flexibility index (Phi) is 4.69. The van der Waals surface area contributed by atoms with Gasteiger partial charge in [-0.1, -0.05) is 26.0 Å². The number of aromatic carboxylic acids is 1. The summed E-state index contributed by atoms with van der Waals surface area (Å²) in [4.78, 5) is 11.0. The highest BCUT2D eigenvalue weighted by Gasteiger charge is 2.48. The van der Waals surface area contributed by atoms with Gasteiger partial charge in [0.05, 0.1) is 17.8 Å². The minimum atomic E-state index is -0.883. The van der Waals surface area contributed by atoms with Crippen molar-refractivity contribution >= 4 is 5.97 Å². The maximum atomic E-state index is 11.0. The molecule has 4 nitrogen and oxygen atoms in total. The van der Waals surface area contributed by atoms with Gasteiger partial charge in [0.2, 0.25) is 0 Å². The first-order chi connectivity index (χ1) is 9.80. The Hall–Kier alpha value is -1.39. The van der Waals surface area contributed by atoms with Crippen LogP contribution in [0.5, 0.6) is 0 Å². The van der Waals surface area contributed by atoms with Crippen LogP contribution in [0.3, 0.4) is 0 Å². The summed E-state index contributed by atoms with van der Waals surface area (Å²) in [5, 5.41) is 12.5. The standard InChI is InChI=1S/C17H25NO3/c1-11(2)21-15-9-14(17(15,3)4)18-10-12-6-5-7-13(8-12)16(19)20/h5-8,11,14-15,18H,9-10H2,1-4H3,(H,19,20). The van der Waals surface area contributed by atoms with E-state index in [-0.39, 0.29) is 11.5 Å². The minimum absolute atomic E-state index is 0.106. The van der Waals surface area contributed by atoms with E-state index in [1.54, 1.807) is 18.2 Å². The third-order valence-electron chi connectivity index (χ3n) is 4.34. The van der Waals surface area contributed by atoms with Gasteiger partial charge < -0.3 is 15.2 Å². The molecule has 2 rings (SSSR count). The summed E-state index contributed by atoms with van der Waals surface area (Å²) in [6.07, 6.45) is 1.55. The molecule has 0 amide bonds. The molecule has 21 heavy (non-hydrogen) atoms. The number of benzene rings is 1. The number of carbonyl (C=O) groups is 1. The summed E-state index contributed by atoms with van der Waals surface area (Å²) in [7, 11) is 0. The molecule has 1 saturated carbocycles. The van der Waals surface area contributed by atoms with Crippen molar-refractivity contribution in [3.8, 4) is 0 Å². The van der Waals surface area contributed by atoms with Crippen molar-refractivity contribution < 1.29 is 14.6 Å². The van der Waals surface area contributed by atoms with Crippen molar-refractivity contribution in [1.29, 1.82) is 0 Å². The maximum absolute atomic E-state index is 11.0. The van der Waals surface area contributed by atoms with Crippen LogP contribution < -0.4 is 5.32 Å². The lowest BCUT2D eigenvalue weighted by Gasteiger charge is -2.52. The summed E-state index contributed by atoms with van der Waals surface area (Å²) in [6.45, 7) is 9.25. The van der Waals surface area contributed by atoms with Crippen LogP contribution in [0, 0.1) is 5.41 Å². The first kappa shape index (κ1) is 16.0. The van der Waals surface area contributed by atoms with E-state index in [0.717, 1.165) is 12.0 Å². The van der Waals surface area contributed by atoms with Gasteiger partial charge in [-0.25, -0.2) is 4.79 Å². The van der Waals surface area contributed by atoms with E-state index in [1.807, 2.05) is 6.07 Å². The monoisotopic (exact) mass is 291 g/mol. The fourth-order valence-electron chi connectivity index (χ4n) is 2.85. The van der Waals surface area contributed by atoms with Crippen LogP contribution in [-0.2, 0) is 11.3 Å². The highest BCUT2D eigenvalue weighted by atomic mass is 16.5. The number of hydrogen-bond acceptors (Lipinski definition) is 3. The second kappa shape index (κ2) is 6.16. The van der Waals surface area contributed by atoms with Crippen molar-refractivity contribution in [2.24, 2.45) is 5.41 Å². The molecule has 0 saturated heterocycles. The van der Waals surface area contributed by atoms with Gasteiger partial charge in [-0.2, -0.15) is 0 Å². The Morgan fingerprint density at radius 1 is 1.48 bits per heavy atom. The van der Waals surface area contributed by atoms with Crippen molar-refractivity contribution in [2.45, 2.75) is 58.9 Å². The molecule has 0 bridgehead atoms. The zero-order chi connectivity index (χ0) is 15.6. The van der Waals surface area contributed by atoms with Crippen LogP contribution in [0.2, 0.25) is 0 Å². The predicted molar refractivity (Wildman–Crippen MR) is 82.4 cm³/mol. The Morgan fingerprint density at radius 3 is 2.76 bits per heavy atom. The van der Waals surface area contributed by atoms with E-state index < -0.39 is 5.97 Å². The third kappa shape index (κ3) is 3.63. The number of rotatable bonds is 6. The van der Waals surface area contributed by atoms with Crippen LogP contribution in [0.4, 0.5) is 0 Å². The summed E-state index contributed by atoms with van der Waals surface area (Å²) < 4.78 is 5.92. The van der Waals surface area contributed by atoms with Crippen molar-refractivity contribution in [2.75, 3.05) is 0 Å². The van der Waals surface area contributed by atoms with E-state index >= 15 is 0 Å². The van der Waals surface area contributed by atoms with Gasteiger partial charge in [0.1, 0.15) is 0 Å². The van der Waals surface area contributed by atoms with Gasteiger partial charge in [0.15, 0.2) is 0 Å². The highest BCUT2D eigenvalue weighted by molar-refractivity contribution is 5.87. The number of ether oxygens (including phenoxy) is 1. The summed E-state index contributed by atoms with van der Waals surface area (Å²) in [5.74, 6) is -0.883. The SMILES string of the molecule is CC(C)OC1CC(NCc2cccc(C(=O)O)c2)C1(C)C. The molecule has 2 unspecified atom stereocenters. The number of carboxylic acid groups (broad SMARTS) is 1. The smallest absolute Gasteiger partial charge is 0.335 e. The summed E-state index contributed by atoms with van der Waals surface area (Å²) >= 11 is 0. The lowest BCUT2D eigenvalue weighted by Crippen LogP contribution is -2.61. The molecule has 0 spiro atoms. The fraction of sp³-hybridized carbons (Fsp3) is 0.588. The highest BCUT2D eigenvalue weighted by Crippen LogP contribution is 2.43.